The number of rotatable bonds is 15. The minimum absolute atomic E-state index is 0.179. The minimum atomic E-state index is 0.179. The van der Waals surface area contributed by atoms with E-state index >= 15 is 0 Å². The Labute approximate surface area is 323 Å². The molecule has 280 valence electrons. The van der Waals surface area contributed by atoms with Crippen LogP contribution in [0.2, 0.25) is 5.02 Å². The summed E-state index contributed by atoms with van der Waals surface area (Å²) in [5.41, 5.74) is 7.93. The molecule has 2 fully saturated rings. The van der Waals surface area contributed by atoms with Gasteiger partial charge in [-0.2, -0.15) is 5.26 Å². The van der Waals surface area contributed by atoms with Crippen molar-refractivity contribution in [3.63, 3.8) is 0 Å². The molecule has 0 amide bonds. The van der Waals surface area contributed by atoms with Crippen LogP contribution in [0.25, 0.3) is 11.1 Å². The molecule has 1 unspecified atom stereocenters. The first-order valence-electron chi connectivity index (χ1n) is 19.2. The van der Waals surface area contributed by atoms with Crippen molar-refractivity contribution < 1.29 is 14.2 Å². The molecule has 5 aromatic rings. The monoisotopic (exact) mass is 744 g/mol. The lowest BCUT2D eigenvalue weighted by atomic mass is 9.93. The van der Waals surface area contributed by atoms with Gasteiger partial charge in [0, 0.05) is 55.1 Å². The molecule has 2 saturated heterocycles. The van der Waals surface area contributed by atoms with Crippen LogP contribution in [-0.4, -0.2) is 57.5 Å². The number of aromatic nitrogens is 3. The third kappa shape index (κ3) is 9.07. The number of H-pyrrole nitrogens is 1. The second-order valence-electron chi connectivity index (χ2n) is 14.4. The average molecular weight is 745 g/mol. The molecule has 4 heterocycles. The number of piperidine rings is 1. The molecule has 0 saturated carbocycles. The lowest BCUT2D eigenvalue weighted by Crippen LogP contribution is -2.33. The Morgan fingerprint density at radius 1 is 0.852 bits per heavy atom. The van der Waals surface area contributed by atoms with E-state index in [1.54, 1.807) is 18.5 Å². The zero-order valence-corrected chi connectivity index (χ0v) is 32.1. The maximum atomic E-state index is 9.41. The average Bonchev–Trinajstić information content (AvgIpc) is 3.93. The minimum Gasteiger partial charge on any atom is -0.493 e. The van der Waals surface area contributed by atoms with E-state index in [4.69, 9.17) is 25.8 Å². The number of imidazole rings is 1. The Hall–Kier alpha value is -4.88. The third-order valence-electron chi connectivity index (χ3n) is 10.7. The van der Waals surface area contributed by atoms with Gasteiger partial charge in [0.2, 0.25) is 0 Å². The van der Waals surface area contributed by atoms with E-state index in [1.807, 2.05) is 24.5 Å². The molecule has 54 heavy (non-hydrogen) atoms. The van der Waals surface area contributed by atoms with E-state index in [1.165, 1.54) is 25.9 Å². The smallest absolute Gasteiger partial charge is 0.142 e. The van der Waals surface area contributed by atoms with Gasteiger partial charge in [-0.05, 0) is 112 Å². The van der Waals surface area contributed by atoms with Crippen LogP contribution in [0.4, 0.5) is 0 Å². The van der Waals surface area contributed by atoms with E-state index in [9.17, 15) is 5.26 Å². The van der Waals surface area contributed by atoms with Crippen molar-refractivity contribution in [3.8, 4) is 34.4 Å². The highest BCUT2D eigenvalue weighted by atomic mass is 35.5. The number of benzene rings is 3. The Bertz CT molecular complexity index is 2060. The van der Waals surface area contributed by atoms with Gasteiger partial charge in [-0.3, -0.25) is 9.88 Å². The lowest BCUT2D eigenvalue weighted by molar-refractivity contribution is 0.132. The Morgan fingerprint density at radius 2 is 1.65 bits per heavy atom. The second kappa shape index (κ2) is 18.0. The molecular weight excluding hydrogens is 696 g/mol. The summed E-state index contributed by atoms with van der Waals surface area (Å²) in [4.78, 5) is 17.1. The molecule has 1 N–H and O–H groups in total. The summed E-state index contributed by atoms with van der Waals surface area (Å²) in [6.45, 7) is 10.7. The number of aromatic amines is 1. The Morgan fingerprint density at radius 3 is 2.46 bits per heavy atom. The molecule has 10 heteroatoms. The number of hydrogen-bond acceptors (Lipinski definition) is 8. The van der Waals surface area contributed by atoms with Crippen LogP contribution in [0, 0.1) is 25.2 Å². The number of likely N-dealkylation sites (tertiary alicyclic amines) is 2. The van der Waals surface area contributed by atoms with Crippen LogP contribution in [0.5, 0.6) is 17.2 Å². The van der Waals surface area contributed by atoms with Gasteiger partial charge >= 0.3 is 0 Å². The summed E-state index contributed by atoms with van der Waals surface area (Å²) in [6.07, 6.45) is 13.9. The van der Waals surface area contributed by atoms with Crippen molar-refractivity contribution in [1.29, 1.82) is 5.26 Å². The number of nitriles is 1. The zero-order valence-electron chi connectivity index (χ0n) is 31.3. The second-order valence-corrected chi connectivity index (χ2v) is 14.8. The molecule has 7 rings (SSSR count). The molecule has 2 aromatic heterocycles. The van der Waals surface area contributed by atoms with E-state index in [-0.39, 0.29) is 12.6 Å². The highest BCUT2D eigenvalue weighted by Gasteiger charge is 2.27. The number of halogens is 1. The number of pyridine rings is 1. The molecular formula is C44H49ClN6O3. The predicted octanol–water partition coefficient (Wildman–Crippen LogP) is 9.36. The molecule has 0 bridgehead atoms. The van der Waals surface area contributed by atoms with Crippen molar-refractivity contribution in [2.75, 3.05) is 32.8 Å². The molecule has 3 aromatic carbocycles. The maximum absolute atomic E-state index is 9.41. The van der Waals surface area contributed by atoms with Crippen LogP contribution in [0.1, 0.15) is 83.8 Å². The van der Waals surface area contributed by atoms with E-state index in [0.717, 1.165) is 89.3 Å². The number of nitrogens with one attached hydrogen (secondary N) is 1. The van der Waals surface area contributed by atoms with Crippen LogP contribution >= 0.6 is 11.6 Å². The highest BCUT2D eigenvalue weighted by molar-refractivity contribution is 6.32. The quantitative estimate of drug-likeness (QED) is 0.106. The van der Waals surface area contributed by atoms with Crippen LogP contribution in [-0.2, 0) is 19.8 Å². The standard InChI is InChI=1S/C44H49ClN6O3/c1-31-35(10-7-11-37(31)38-12-8-14-41(32(38)2)52-21-9-19-50-17-5-6-18-50)30-54-43-24-42(53-29-34-22-33(25-46)26-47-27-34)36(23-39(43)45)28-51-20-4-3-13-40(51)44-48-15-16-49-44/h7-8,10-12,14-16,22-24,26-27,40H,3-6,9,13,17-21,28-30H2,1-2H3,(H,48,49). The van der Waals surface area contributed by atoms with Gasteiger partial charge in [-0.25, -0.2) is 4.98 Å². The van der Waals surface area contributed by atoms with E-state index in [2.05, 4.69) is 81.1 Å². The summed E-state index contributed by atoms with van der Waals surface area (Å²) in [5, 5.41) is 9.94. The predicted molar refractivity (Wildman–Crippen MR) is 212 cm³/mol. The molecule has 0 spiro atoms. The Balaban J connectivity index is 1.09. The topological polar surface area (TPSA) is 99.5 Å². The van der Waals surface area contributed by atoms with Crippen molar-refractivity contribution in [2.24, 2.45) is 0 Å². The Kier molecular flexibility index (Phi) is 12.5. The first-order valence-corrected chi connectivity index (χ1v) is 19.5. The van der Waals surface area contributed by atoms with Crippen molar-refractivity contribution >= 4 is 11.6 Å². The SMILES string of the molecule is Cc1c(COc2cc(OCc3cncc(C#N)c3)c(CN3CCCCC3c3ncc[nH]3)cc2Cl)cccc1-c1cccc(OCCCN2CCCC2)c1C. The molecule has 1 atom stereocenters. The van der Waals surface area contributed by atoms with E-state index in [0.29, 0.717) is 41.8 Å². The van der Waals surface area contributed by atoms with E-state index < -0.39 is 0 Å². The summed E-state index contributed by atoms with van der Waals surface area (Å²) < 4.78 is 19.3. The normalized spacial score (nSPS) is 16.3. The largest absolute Gasteiger partial charge is 0.493 e. The summed E-state index contributed by atoms with van der Waals surface area (Å²) in [6, 6.07) is 20.7. The lowest BCUT2D eigenvalue weighted by Gasteiger charge is -2.35. The summed E-state index contributed by atoms with van der Waals surface area (Å²) >= 11 is 6.99. The molecule has 9 nitrogen and oxygen atoms in total. The number of nitrogens with zero attached hydrogens (tertiary/aromatic N) is 5. The fourth-order valence-corrected chi connectivity index (χ4v) is 7.97. The zero-order chi connectivity index (χ0) is 37.3. The third-order valence-corrected chi connectivity index (χ3v) is 11.0. The first kappa shape index (κ1) is 37.4. The fourth-order valence-electron chi connectivity index (χ4n) is 7.73. The van der Waals surface area contributed by atoms with Gasteiger partial charge in [0.15, 0.2) is 0 Å². The van der Waals surface area contributed by atoms with Gasteiger partial charge < -0.3 is 24.1 Å². The van der Waals surface area contributed by atoms with Crippen molar-refractivity contribution in [3.05, 3.63) is 124 Å². The van der Waals surface area contributed by atoms with Crippen LogP contribution in [0.15, 0.2) is 79.4 Å². The highest BCUT2D eigenvalue weighted by Crippen LogP contribution is 2.39. The number of ether oxygens (including phenoxy) is 3. The number of hydrogen-bond donors (Lipinski definition) is 1. The van der Waals surface area contributed by atoms with Gasteiger partial charge in [-0.1, -0.05) is 48.4 Å². The molecule has 0 radical (unpaired) electrons. The first-order chi connectivity index (χ1) is 26.5. The van der Waals surface area contributed by atoms with Gasteiger partial charge in [0.05, 0.1) is 23.2 Å². The van der Waals surface area contributed by atoms with Crippen LogP contribution in [0.3, 0.4) is 0 Å². The molecule has 0 aliphatic carbocycles. The summed E-state index contributed by atoms with van der Waals surface area (Å²) in [7, 11) is 0. The van der Waals surface area contributed by atoms with Gasteiger partial charge in [-0.15, -0.1) is 0 Å². The van der Waals surface area contributed by atoms with Crippen molar-refractivity contribution in [2.45, 2.75) is 78.2 Å². The van der Waals surface area contributed by atoms with Gasteiger partial charge in [0.25, 0.3) is 0 Å². The summed E-state index contributed by atoms with van der Waals surface area (Å²) in [5.74, 6) is 3.14. The molecule has 2 aliphatic heterocycles. The van der Waals surface area contributed by atoms with Gasteiger partial charge in [0.1, 0.15) is 42.4 Å². The fraction of sp³-hybridized carbons (Fsp3) is 0.386. The van der Waals surface area contributed by atoms with Crippen LogP contribution < -0.4 is 14.2 Å². The van der Waals surface area contributed by atoms with Crippen molar-refractivity contribution in [1.82, 2.24) is 24.8 Å². The maximum Gasteiger partial charge on any atom is 0.142 e. The molecule has 2 aliphatic rings.